The van der Waals surface area contributed by atoms with Crippen molar-refractivity contribution in [2.45, 2.75) is 276 Å². The molecule has 0 aromatic heterocycles. The third kappa shape index (κ3) is 38.0. The number of esters is 1. The molecule has 3 amide bonds. The Hall–Kier alpha value is -4.75. The minimum Gasteiger partial charge on any atom is -0.462 e. The molecule has 0 bridgehead atoms. The summed E-state index contributed by atoms with van der Waals surface area (Å²) in [5.74, 6) is -1.01. The number of carbonyl (C=O) groups excluding carboxylic acids is 4. The van der Waals surface area contributed by atoms with Crippen LogP contribution in [0.3, 0.4) is 0 Å². The summed E-state index contributed by atoms with van der Waals surface area (Å²) in [6.45, 7) is 6.65. The summed E-state index contributed by atoms with van der Waals surface area (Å²) in [7, 11) is -4.34. The van der Waals surface area contributed by atoms with Gasteiger partial charge in [0.25, 0.3) is 0 Å². The average molecular weight is 1180 g/mol. The lowest BCUT2D eigenvalue weighted by molar-refractivity contribution is -0.151. The summed E-state index contributed by atoms with van der Waals surface area (Å²) in [5, 5.41) is 19.2. The molecule has 0 saturated carbocycles. The molecule has 3 rings (SSSR count). The lowest BCUT2D eigenvalue weighted by Gasteiger charge is -2.23. The molecule has 0 aliphatic heterocycles. The summed E-state index contributed by atoms with van der Waals surface area (Å²) in [4.78, 5) is 55.0. The molecule has 3 aromatic carbocycles. The molecule has 3 aromatic rings. The summed E-state index contributed by atoms with van der Waals surface area (Å²) >= 11 is 0. The monoisotopic (exact) mass is 1180 g/mol. The van der Waals surface area contributed by atoms with Gasteiger partial charge in [-0.25, -0.2) is 4.57 Å². The molecule has 0 saturated heterocycles. The van der Waals surface area contributed by atoms with Crippen LogP contribution in [0.25, 0.3) is 0 Å². The van der Waals surface area contributed by atoms with Crippen molar-refractivity contribution in [1.82, 2.24) is 16.0 Å². The van der Waals surface area contributed by atoms with E-state index in [0.29, 0.717) is 25.9 Å². The molecule has 83 heavy (non-hydrogen) atoms. The van der Waals surface area contributed by atoms with Crippen LogP contribution < -0.4 is 25.0 Å². The number of carbonyl (C=O) groups is 4. The van der Waals surface area contributed by atoms with Gasteiger partial charge in [-0.15, -0.1) is 0 Å². The number of aliphatic hydroxyl groups is 1. The lowest BCUT2D eigenvalue weighted by Crippen LogP contribution is -2.48. The van der Waals surface area contributed by atoms with E-state index in [-0.39, 0.29) is 74.9 Å². The van der Waals surface area contributed by atoms with Gasteiger partial charge < -0.3 is 39.6 Å². The Bertz CT molecular complexity index is 2070. The number of amides is 3. The number of benzene rings is 3. The number of nitrogens with one attached hydrogen (secondary N) is 3. The molecule has 0 heterocycles. The van der Waals surface area contributed by atoms with E-state index in [9.17, 15) is 28.8 Å². The summed E-state index contributed by atoms with van der Waals surface area (Å²) in [6.07, 6.45) is 32.4. The molecular weight excluding hydrogens is 1070 g/mol. The largest absolute Gasteiger partial charge is 0.587 e. The zero-order valence-corrected chi connectivity index (χ0v) is 52.4. The van der Waals surface area contributed by atoms with Crippen LogP contribution in [0.1, 0.15) is 251 Å². The molecule has 0 aliphatic carbocycles. The van der Waals surface area contributed by atoms with E-state index in [0.717, 1.165) is 76.2 Å². The van der Waals surface area contributed by atoms with Crippen LogP contribution in [0.5, 0.6) is 11.5 Å². The van der Waals surface area contributed by atoms with Crippen molar-refractivity contribution in [3.05, 3.63) is 96.6 Å². The van der Waals surface area contributed by atoms with Gasteiger partial charge in [0.15, 0.2) is 0 Å². The van der Waals surface area contributed by atoms with Gasteiger partial charge in [-0.1, -0.05) is 248 Å². The zero-order chi connectivity index (χ0) is 59.7. The fourth-order valence-corrected chi connectivity index (χ4v) is 11.3. The summed E-state index contributed by atoms with van der Waals surface area (Å²) < 4.78 is 44.1. The molecular formula is C68H110N3O11P. The molecule has 0 aliphatic rings. The highest BCUT2D eigenvalue weighted by Crippen LogP contribution is 2.49. The van der Waals surface area contributed by atoms with Crippen LogP contribution in [0.2, 0.25) is 0 Å². The highest BCUT2D eigenvalue weighted by atomic mass is 31.2. The Labute approximate surface area is 501 Å². The predicted molar refractivity (Wildman–Crippen MR) is 335 cm³/mol. The van der Waals surface area contributed by atoms with Gasteiger partial charge in [0.1, 0.15) is 23.6 Å². The first-order chi connectivity index (χ1) is 40.6. The number of aliphatic hydroxyl groups excluding tert-OH is 1. The van der Waals surface area contributed by atoms with E-state index in [1.165, 1.54) is 109 Å². The maximum absolute atomic E-state index is 14.3. The minimum absolute atomic E-state index is 0.110. The van der Waals surface area contributed by atoms with Crippen molar-refractivity contribution < 1.29 is 51.9 Å². The number of phosphoric acid groups is 1. The van der Waals surface area contributed by atoms with Gasteiger partial charge in [0.05, 0.1) is 44.8 Å². The van der Waals surface area contributed by atoms with E-state index in [1.54, 1.807) is 60.7 Å². The van der Waals surface area contributed by atoms with E-state index in [2.05, 4.69) is 36.7 Å². The predicted octanol–water partition coefficient (Wildman–Crippen LogP) is 16.6. The van der Waals surface area contributed by atoms with Gasteiger partial charge in [-0.05, 0) is 68.4 Å². The van der Waals surface area contributed by atoms with Gasteiger partial charge >= 0.3 is 13.8 Å². The standard InChI is InChI=1S/C68H110N3O11P/c1-4-7-10-13-16-19-22-25-33-48-62(78-57-58-41-31-28-32-42-58)54-65(73)70-59(56-72)43-40-52-69-68(76)64(51-53-79-83(77,81-60-44-35-29-36-45-60)82-61-46-37-30-38-47-61)71-66(74)55-63(49-34-26-23-20-17-14-11-8-5-2)80-67(75)50-39-27-24-21-18-15-12-9-6-3/h28-32,35-38,41-42,44-47,59,62-64,72H,4-27,33-34,39-40,43,48-57H2,1-3H3,(H,69,76)(H,70,73)(H,71,74)/t59-,62-,63-,64?/m1/s1. The van der Waals surface area contributed by atoms with E-state index in [4.69, 9.17) is 23.0 Å². The second-order valence-corrected chi connectivity index (χ2v) is 24.1. The number of phosphoric ester groups is 1. The zero-order valence-electron chi connectivity index (χ0n) is 51.5. The molecule has 0 fully saturated rings. The minimum atomic E-state index is -4.34. The lowest BCUT2D eigenvalue weighted by atomic mass is 10.0. The molecule has 4 N–H and O–H groups in total. The van der Waals surface area contributed by atoms with Gasteiger partial charge in [0.2, 0.25) is 17.7 Å². The molecule has 468 valence electrons. The van der Waals surface area contributed by atoms with Crippen LogP contribution in [0.15, 0.2) is 91.0 Å². The van der Waals surface area contributed by atoms with Crippen molar-refractivity contribution in [3.8, 4) is 11.5 Å². The SMILES string of the molecule is CCCCCCCCCCCC(=O)O[C@H](CCCCCCCCCCC)CC(=O)NC(CCOP(=O)(Oc1ccccc1)Oc1ccccc1)C(=O)NCCC[C@H](CO)NC(=O)C[C@@H](CCCCCCCCCCC)OCc1ccccc1. The Balaban J connectivity index is 1.67. The number of unbranched alkanes of at least 4 members (excludes halogenated alkanes) is 24. The Morgan fingerprint density at radius 3 is 1.42 bits per heavy atom. The molecule has 15 heteroatoms. The van der Waals surface area contributed by atoms with Gasteiger partial charge in [-0.2, -0.15) is 0 Å². The smallest absolute Gasteiger partial charge is 0.462 e. The van der Waals surface area contributed by atoms with Crippen LogP contribution in [0, 0.1) is 0 Å². The maximum Gasteiger partial charge on any atom is 0.587 e. The fourth-order valence-electron chi connectivity index (χ4n) is 10.1. The highest BCUT2D eigenvalue weighted by Gasteiger charge is 2.33. The molecule has 14 nitrogen and oxygen atoms in total. The van der Waals surface area contributed by atoms with Crippen LogP contribution in [-0.4, -0.2) is 72.8 Å². The van der Waals surface area contributed by atoms with Gasteiger partial charge in [-0.3, -0.25) is 23.7 Å². The first kappa shape index (κ1) is 72.5. The molecule has 4 atom stereocenters. The normalized spacial score (nSPS) is 12.9. The van der Waals surface area contributed by atoms with Crippen molar-refractivity contribution in [2.24, 2.45) is 0 Å². The molecule has 1 unspecified atom stereocenters. The number of para-hydroxylation sites is 2. The average Bonchev–Trinajstić information content (AvgIpc) is 3.52. The number of hydrogen-bond donors (Lipinski definition) is 4. The quantitative estimate of drug-likeness (QED) is 0.0239. The van der Waals surface area contributed by atoms with Crippen molar-refractivity contribution >= 4 is 31.5 Å². The first-order valence-corrected chi connectivity index (χ1v) is 34.1. The van der Waals surface area contributed by atoms with Gasteiger partial charge in [0, 0.05) is 19.4 Å². The Morgan fingerprint density at radius 1 is 0.494 bits per heavy atom. The number of hydrogen-bond acceptors (Lipinski definition) is 11. The third-order valence-corrected chi connectivity index (χ3v) is 16.4. The van der Waals surface area contributed by atoms with Crippen molar-refractivity contribution in [2.75, 3.05) is 19.8 Å². The topological polar surface area (TPSA) is 188 Å². The summed E-state index contributed by atoms with van der Waals surface area (Å²) in [6, 6.07) is 25.2. The fraction of sp³-hybridized carbons (Fsp3) is 0.676. The van der Waals surface area contributed by atoms with Crippen LogP contribution in [-0.2, 0) is 44.3 Å². The number of rotatable bonds is 54. The Morgan fingerprint density at radius 2 is 0.928 bits per heavy atom. The van der Waals surface area contributed by atoms with Crippen molar-refractivity contribution in [1.29, 1.82) is 0 Å². The Kier molecular flexibility index (Phi) is 42.4. The van der Waals surface area contributed by atoms with E-state index < -0.39 is 37.8 Å². The highest BCUT2D eigenvalue weighted by molar-refractivity contribution is 7.49. The van der Waals surface area contributed by atoms with Crippen LogP contribution in [0.4, 0.5) is 0 Å². The van der Waals surface area contributed by atoms with Crippen LogP contribution >= 0.6 is 7.82 Å². The second kappa shape index (κ2) is 48.5. The second-order valence-electron chi connectivity index (χ2n) is 22.6. The molecule has 0 spiro atoms. The summed E-state index contributed by atoms with van der Waals surface area (Å²) in [5.41, 5.74) is 1.04. The van der Waals surface area contributed by atoms with Crippen molar-refractivity contribution in [3.63, 3.8) is 0 Å². The molecule has 0 radical (unpaired) electrons. The first-order valence-electron chi connectivity index (χ1n) is 32.6. The van der Waals surface area contributed by atoms with E-state index in [1.807, 2.05) is 30.3 Å². The number of ether oxygens (including phenoxy) is 2. The van der Waals surface area contributed by atoms with E-state index >= 15 is 0 Å². The maximum atomic E-state index is 14.3. The third-order valence-electron chi connectivity index (χ3n) is 15.0.